The van der Waals surface area contributed by atoms with E-state index in [-0.39, 0.29) is 24.5 Å². The largest absolute Gasteiger partial charge is 0.383 e. The second-order valence-electron chi connectivity index (χ2n) is 8.01. The summed E-state index contributed by atoms with van der Waals surface area (Å²) in [6, 6.07) is 7.99. The Morgan fingerprint density at radius 2 is 2.04 bits per heavy atom. The van der Waals surface area contributed by atoms with Crippen molar-refractivity contribution in [2.75, 3.05) is 26.7 Å². The molecule has 1 amide bonds. The van der Waals surface area contributed by atoms with Crippen LogP contribution in [0.15, 0.2) is 29.3 Å². The molecule has 6 heteroatoms. The van der Waals surface area contributed by atoms with Crippen LogP contribution < -0.4 is 10.6 Å². The van der Waals surface area contributed by atoms with E-state index in [1.165, 1.54) is 5.56 Å². The van der Waals surface area contributed by atoms with Crippen LogP contribution >= 0.6 is 0 Å². The highest BCUT2D eigenvalue weighted by atomic mass is 16.3. The van der Waals surface area contributed by atoms with Crippen molar-refractivity contribution in [1.29, 1.82) is 0 Å². The van der Waals surface area contributed by atoms with E-state index in [4.69, 9.17) is 0 Å². The highest BCUT2D eigenvalue weighted by Gasteiger charge is 2.36. The van der Waals surface area contributed by atoms with Crippen molar-refractivity contribution < 1.29 is 9.90 Å². The first kappa shape index (κ1) is 20.2. The van der Waals surface area contributed by atoms with Crippen molar-refractivity contribution in [3.63, 3.8) is 0 Å². The molecule has 0 fully saturated rings. The van der Waals surface area contributed by atoms with Crippen LogP contribution in [0.5, 0.6) is 0 Å². The number of aryl methyl sites for hydroxylation is 1. The summed E-state index contributed by atoms with van der Waals surface area (Å²) >= 11 is 0. The van der Waals surface area contributed by atoms with Crippen molar-refractivity contribution in [1.82, 2.24) is 15.5 Å². The van der Waals surface area contributed by atoms with Gasteiger partial charge in [-0.05, 0) is 51.7 Å². The van der Waals surface area contributed by atoms with Gasteiger partial charge in [-0.2, -0.15) is 0 Å². The maximum absolute atomic E-state index is 12.2. The summed E-state index contributed by atoms with van der Waals surface area (Å²) in [5.41, 5.74) is 0.947. The third-order valence-electron chi connectivity index (χ3n) is 4.41. The van der Waals surface area contributed by atoms with Crippen molar-refractivity contribution in [2.24, 2.45) is 4.99 Å². The van der Waals surface area contributed by atoms with Gasteiger partial charge in [-0.1, -0.05) is 24.3 Å². The zero-order valence-electron chi connectivity index (χ0n) is 16.6. The number of guanidine groups is 1. The predicted molar refractivity (Wildman–Crippen MR) is 105 cm³/mol. The van der Waals surface area contributed by atoms with Crippen LogP contribution in [0.25, 0.3) is 0 Å². The fourth-order valence-electron chi connectivity index (χ4n) is 3.26. The van der Waals surface area contributed by atoms with Gasteiger partial charge in [0.2, 0.25) is 5.91 Å². The Kier molecular flexibility index (Phi) is 6.29. The average molecular weight is 361 g/mol. The van der Waals surface area contributed by atoms with Crippen LogP contribution in [0.2, 0.25) is 0 Å². The number of nitrogens with zero attached hydrogens (tertiary/aromatic N) is 2. The normalized spacial score (nSPS) is 19.8. The van der Waals surface area contributed by atoms with Gasteiger partial charge in [0.1, 0.15) is 5.60 Å². The molecule has 0 radical (unpaired) electrons. The number of carbonyl (C=O) groups is 1. The number of fused-ring (bicyclic) bond motifs is 1. The molecule has 1 aromatic rings. The number of aliphatic hydroxyl groups is 1. The van der Waals surface area contributed by atoms with Gasteiger partial charge in [0.25, 0.3) is 0 Å². The predicted octanol–water partition coefficient (Wildman–Crippen LogP) is 1.63. The lowest BCUT2D eigenvalue weighted by atomic mass is 9.96. The number of hydrogen-bond donors (Lipinski definition) is 3. The molecule has 0 saturated carbocycles. The first-order valence-corrected chi connectivity index (χ1v) is 9.26. The van der Waals surface area contributed by atoms with Gasteiger partial charge < -0.3 is 20.6 Å². The third kappa shape index (κ3) is 5.21. The number of aliphatic imine (C=N–C) groups is 1. The second-order valence-corrected chi connectivity index (χ2v) is 8.01. The summed E-state index contributed by atoms with van der Waals surface area (Å²) < 4.78 is 0. The van der Waals surface area contributed by atoms with Gasteiger partial charge in [-0.25, -0.2) is 4.99 Å². The number of nitrogens with one attached hydrogen (secondary N) is 2. The standard InChI is InChI=1S/C20H32N4O2/c1-6-21-18(24(5)13-17(25)23-19(2,3)4)22-14-20(26)12-11-15-9-7-8-10-16(15)20/h7-10,26H,6,11-14H2,1-5H3,(H,21,22)(H,23,25). The van der Waals surface area contributed by atoms with Gasteiger partial charge in [0, 0.05) is 19.1 Å². The zero-order chi connectivity index (χ0) is 19.4. The summed E-state index contributed by atoms with van der Waals surface area (Å²) in [5, 5.41) is 17.2. The molecule has 26 heavy (non-hydrogen) atoms. The molecule has 0 spiro atoms. The van der Waals surface area contributed by atoms with E-state index in [9.17, 15) is 9.90 Å². The maximum atomic E-state index is 12.2. The Morgan fingerprint density at radius 1 is 1.35 bits per heavy atom. The second kappa shape index (κ2) is 8.08. The molecular formula is C20H32N4O2. The molecule has 1 aromatic carbocycles. The van der Waals surface area contributed by atoms with Crippen molar-refractivity contribution in [3.8, 4) is 0 Å². The van der Waals surface area contributed by atoms with Crippen LogP contribution in [0.1, 0.15) is 45.2 Å². The first-order valence-electron chi connectivity index (χ1n) is 9.26. The van der Waals surface area contributed by atoms with Crippen LogP contribution in [0.3, 0.4) is 0 Å². The van der Waals surface area contributed by atoms with Gasteiger partial charge in [-0.3, -0.25) is 4.79 Å². The number of carbonyl (C=O) groups excluding carboxylic acids is 1. The minimum absolute atomic E-state index is 0.0597. The van der Waals surface area contributed by atoms with Crippen LogP contribution in [0.4, 0.5) is 0 Å². The topological polar surface area (TPSA) is 77.0 Å². The van der Waals surface area contributed by atoms with E-state index >= 15 is 0 Å². The SMILES string of the molecule is CCNC(=NCC1(O)CCc2ccccc21)N(C)CC(=O)NC(C)(C)C. The molecule has 0 bridgehead atoms. The monoisotopic (exact) mass is 360 g/mol. The third-order valence-corrected chi connectivity index (χ3v) is 4.41. The highest BCUT2D eigenvalue weighted by Crippen LogP contribution is 2.36. The summed E-state index contributed by atoms with van der Waals surface area (Å²) in [5.74, 6) is 0.560. The summed E-state index contributed by atoms with van der Waals surface area (Å²) in [6.45, 7) is 9.03. The number of rotatable bonds is 5. The van der Waals surface area contributed by atoms with Crippen molar-refractivity contribution in [3.05, 3.63) is 35.4 Å². The van der Waals surface area contributed by atoms with Crippen LogP contribution in [-0.4, -0.2) is 54.1 Å². The molecule has 1 unspecified atom stereocenters. The molecule has 1 atom stereocenters. The van der Waals surface area contributed by atoms with Crippen LogP contribution in [-0.2, 0) is 16.8 Å². The molecule has 1 aliphatic carbocycles. The molecule has 6 nitrogen and oxygen atoms in total. The van der Waals surface area contributed by atoms with E-state index in [0.717, 1.165) is 12.0 Å². The molecule has 0 aromatic heterocycles. The first-order chi connectivity index (χ1) is 12.1. The van der Waals surface area contributed by atoms with E-state index in [0.29, 0.717) is 18.9 Å². The number of likely N-dealkylation sites (N-methyl/N-ethyl adjacent to an activating group) is 1. The zero-order valence-corrected chi connectivity index (χ0v) is 16.6. The molecule has 0 aliphatic heterocycles. The van der Waals surface area contributed by atoms with Gasteiger partial charge in [-0.15, -0.1) is 0 Å². The number of benzene rings is 1. The summed E-state index contributed by atoms with van der Waals surface area (Å²) in [4.78, 5) is 18.6. The van der Waals surface area contributed by atoms with Crippen LogP contribution in [0, 0.1) is 0 Å². The number of amides is 1. The van der Waals surface area contributed by atoms with Crippen molar-refractivity contribution in [2.45, 2.75) is 51.7 Å². The van der Waals surface area contributed by atoms with Crippen molar-refractivity contribution >= 4 is 11.9 Å². The Labute approximate surface area is 156 Å². The Balaban J connectivity index is 2.08. The Morgan fingerprint density at radius 3 is 2.69 bits per heavy atom. The van der Waals surface area contributed by atoms with E-state index in [2.05, 4.69) is 21.7 Å². The fourth-order valence-corrected chi connectivity index (χ4v) is 3.26. The molecule has 0 saturated heterocycles. The molecule has 1 aliphatic rings. The Bertz CT molecular complexity index is 666. The van der Waals surface area contributed by atoms with E-state index in [1.807, 2.05) is 52.9 Å². The lowest BCUT2D eigenvalue weighted by Crippen LogP contribution is -2.49. The fraction of sp³-hybridized carbons (Fsp3) is 0.600. The lowest BCUT2D eigenvalue weighted by molar-refractivity contribution is -0.122. The highest BCUT2D eigenvalue weighted by molar-refractivity contribution is 5.86. The molecule has 2 rings (SSSR count). The minimum atomic E-state index is -0.939. The molecule has 3 N–H and O–H groups in total. The minimum Gasteiger partial charge on any atom is -0.383 e. The van der Waals surface area contributed by atoms with E-state index in [1.54, 1.807) is 4.90 Å². The number of hydrogen-bond acceptors (Lipinski definition) is 3. The van der Waals surface area contributed by atoms with Gasteiger partial charge >= 0.3 is 0 Å². The summed E-state index contributed by atoms with van der Waals surface area (Å²) in [6.07, 6.45) is 1.53. The molecular weight excluding hydrogens is 328 g/mol. The molecule has 144 valence electrons. The van der Waals surface area contributed by atoms with Gasteiger partial charge in [0.05, 0.1) is 13.1 Å². The maximum Gasteiger partial charge on any atom is 0.240 e. The van der Waals surface area contributed by atoms with Gasteiger partial charge in [0.15, 0.2) is 5.96 Å². The smallest absolute Gasteiger partial charge is 0.240 e. The average Bonchev–Trinajstić information content (AvgIpc) is 2.87. The summed E-state index contributed by atoms with van der Waals surface area (Å²) in [7, 11) is 1.83. The van der Waals surface area contributed by atoms with E-state index < -0.39 is 5.60 Å². The Hall–Kier alpha value is -2.08. The quantitative estimate of drug-likeness (QED) is 0.551. The molecule has 0 heterocycles. The lowest BCUT2D eigenvalue weighted by Gasteiger charge is -2.27.